The molecular weight excluding hydrogens is 328 g/mol. The molecule has 0 aromatic heterocycles. The fourth-order valence-electron chi connectivity index (χ4n) is 3.43. The number of carbonyl (C=O) groups is 1. The summed E-state index contributed by atoms with van der Waals surface area (Å²) in [4.78, 5) is 16.8. The fourth-order valence-corrected chi connectivity index (χ4v) is 3.43. The van der Waals surface area contributed by atoms with Crippen molar-refractivity contribution in [3.05, 3.63) is 59.2 Å². The lowest BCUT2D eigenvalue weighted by atomic mass is 10.1. The van der Waals surface area contributed by atoms with Gasteiger partial charge in [0.25, 0.3) is 0 Å². The Balaban J connectivity index is 1.67. The normalized spacial score (nSPS) is 15.3. The third kappa shape index (κ3) is 4.06. The first-order valence-electron chi connectivity index (χ1n) is 8.85. The molecular formula is C21H26N2O3. The van der Waals surface area contributed by atoms with Gasteiger partial charge in [-0.25, -0.2) is 0 Å². The molecule has 2 aromatic carbocycles. The van der Waals surface area contributed by atoms with Crippen molar-refractivity contribution in [1.82, 2.24) is 4.90 Å². The first-order chi connectivity index (χ1) is 12.6. The Labute approximate surface area is 155 Å². The second-order valence-electron chi connectivity index (χ2n) is 6.62. The number of carbonyl (C=O) groups excluding carboxylic acids is 1. The molecule has 0 aliphatic carbocycles. The second-order valence-corrected chi connectivity index (χ2v) is 6.62. The van der Waals surface area contributed by atoms with Crippen molar-refractivity contribution in [3.8, 4) is 5.75 Å². The zero-order chi connectivity index (χ0) is 18.5. The molecule has 5 heteroatoms. The number of benzene rings is 2. The van der Waals surface area contributed by atoms with E-state index in [0.717, 1.165) is 41.2 Å². The summed E-state index contributed by atoms with van der Waals surface area (Å²) < 4.78 is 10.6. The lowest BCUT2D eigenvalue weighted by Gasteiger charge is -2.35. The number of para-hydroxylation sites is 1. The molecule has 0 bridgehead atoms. The standard InChI is InChI=1S/C21H26N2O3/c1-16-6-4-5-7-19(16)23-11-10-22(14-21(23)24)13-17-8-9-20(26-3)18(12-17)15-25-2/h4-9,12H,10-11,13-15H2,1-3H3. The number of hydrogen-bond donors (Lipinski definition) is 0. The van der Waals surface area contributed by atoms with Gasteiger partial charge in [-0.1, -0.05) is 24.3 Å². The second kappa shape index (κ2) is 8.34. The molecule has 0 spiro atoms. The summed E-state index contributed by atoms with van der Waals surface area (Å²) in [6.45, 7) is 5.30. The zero-order valence-corrected chi connectivity index (χ0v) is 15.7. The van der Waals surface area contributed by atoms with Crippen molar-refractivity contribution >= 4 is 11.6 Å². The SMILES string of the molecule is COCc1cc(CN2CCN(c3ccccc3C)C(=O)C2)ccc1OC. The highest BCUT2D eigenvalue weighted by molar-refractivity contribution is 5.96. The van der Waals surface area contributed by atoms with Gasteiger partial charge in [-0.05, 0) is 36.2 Å². The number of rotatable bonds is 6. The molecule has 5 nitrogen and oxygen atoms in total. The minimum absolute atomic E-state index is 0.149. The summed E-state index contributed by atoms with van der Waals surface area (Å²) in [6, 6.07) is 14.2. The van der Waals surface area contributed by atoms with E-state index in [1.807, 2.05) is 42.2 Å². The Morgan fingerprint density at radius 1 is 1.08 bits per heavy atom. The van der Waals surface area contributed by atoms with E-state index in [4.69, 9.17) is 9.47 Å². The van der Waals surface area contributed by atoms with Crippen LogP contribution in [0.2, 0.25) is 0 Å². The zero-order valence-electron chi connectivity index (χ0n) is 15.7. The van der Waals surface area contributed by atoms with Gasteiger partial charge < -0.3 is 14.4 Å². The molecule has 1 aliphatic rings. The Morgan fingerprint density at radius 3 is 2.58 bits per heavy atom. The van der Waals surface area contributed by atoms with Crippen LogP contribution in [0.15, 0.2) is 42.5 Å². The molecule has 1 fully saturated rings. The Bertz CT molecular complexity index is 776. The van der Waals surface area contributed by atoms with E-state index in [1.165, 1.54) is 0 Å². The molecule has 26 heavy (non-hydrogen) atoms. The molecule has 0 atom stereocenters. The van der Waals surface area contributed by atoms with Gasteiger partial charge in [-0.3, -0.25) is 9.69 Å². The van der Waals surface area contributed by atoms with Crippen LogP contribution in [0.5, 0.6) is 5.75 Å². The minimum atomic E-state index is 0.149. The summed E-state index contributed by atoms with van der Waals surface area (Å²) in [6.07, 6.45) is 0. The first-order valence-corrected chi connectivity index (χ1v) is 8.85. The molecule has 1 saturated heterocycles. The maximum absolute atomic E-state index is 12.7. The predicted octanol–water partition coefficient (Wildman–Crippen LogP) is 3.00. The molecule has 0 unspecified atom stereocenters. The van der Waals surface area contributed by atoms with Crippen LogP contribution in [0.25, 0.3) is 0 Å². The number of amides is 1. The highest BCUT2D eigenvalue weighted by Crippen LogP contribution is 2.24. The number of anilines is 1. The quantitative estimate of drug-likeness (QED) is 0.800. The third-order valence-corrected chi connectivity index (χ3v) is 4.76. The Hall–Kier alpha value is -2.37. The van der Waals surface area contributed by atoms with Gasteiger partial charge in [-0.15, -0.1) is 0 Å². The van der Waals surface area contributed by atoms with Crippen LogP contribution in [0.1, 0.15) is 16.7 Å². The van der Waals surface area contributed by atoms with Gasteiger partial charge in [0.1, 0.15) is 5.75 Å². The van der Waals surface area contributed by atoms with Gasteiger partial charge in [0.2, 0.25) is 5.91 Å². The summed E-state index contributed by atoms with van der Waals surface area (Å²) in [5, 5.41) is 0. The van der Waals surface area contributed by atoms with E-state index >= 15 is 0 Å². The number of ether oxygens (including phenoxy) is 2. The van der Waals surface area contributed by atoms with E-state index in [9.17, 15) is 4.79 Å². The molecule has 2 aromatic rings. The maximum atomic E-state index is 12.7. The Morgan fingerprint density at radius 2 is 1.88 bits per heavy atom. The van der Waals surface area contributed by atoms with Gasteiger partial charge >= 0.3 is 0 Å². The van der Waals surface area contributed by atoms with Crippen LogP contribution < -0.4 is 9.64 Å². The van der Waals surface area contributed by atoms with E-state index in [1.54, 1.807) is 14.2 Å². The van der Waals surface area contributed by atoms with E-state index < -0.39 is 0 Å². The van der Waals surface area contributed by atoms with Gasteiger partial charge in [-0.2, -0.15) is 0 Å². The topological polar surface area (TPSA) is 42.0 Å². The van der Waals surface area contributed by atoms with Crippen LogP contribution in [0, 0.1) is 6.92 Å². The number of methoxy groups -OCH3 is 2. The van der Waals surface area contributed by atoms with Crippen molar-refractivity contribution in [2.45, 2.75) is 20.1 Å². The summed E-state index contributed by atoms with van der Waals surface area (Å²) in [5.74, 6) is 0.979. The van der Waals surface area contributed by atoms with Gasteiger partial charge in [0.05, 0.1) is 20.3 Å². The van der Waals surface area contributed by atoms with Crippen LogP contribution >= 0.6 is 0 Å². The Kier molecular flexibility index (Phi) is 5.91. The summed E-state index contributed by atoms with van der Waals surface area (Å²) in [5.41, 5.74) is 4.34. The molecule has 1 amide bonds. The van der Waals surface area contributed by atoms with Crippen LogP contribution in [0.3, 0.4) is 0 Å². The average Bonchev–Trinajstić information content (AvgIpc) is 2.63. The molecule has 0 saturated carbocycles. The lowest BCUT2D eigenvalue weighted by molar-refractivity contribution is -0.121. The van der Waals surface area contributed by atoms with E-state index in [-0.39, 0.29) is 5.91 Å². The number of aryl methyl sites for hydroxylation is 1. The van der Waals surface area contributed by atoms with Crippen LogP contribution in [-0.4, -0.2) is 44.7 Å². The molecule has 3 rings (SSSR count). The molecule has 138 valence electrons. The van der Waals surface area contributed by atoms with Gasteiger partial charge in [0.15, 0.2) is 0 Å². The predicted molar refractivity (Wildman–Crippen MR) is 103 cm³/mol. The van der Waals surface area contributed by atoms with Gasteiger partial charge in [0, 0.05) is 38.0 Å². The van der Waals surface area contributed by atoms with Crippen LogP contribution in [-0.2, 0) is 22.7 Å². The largest absolute Gasteiger partial charge is 0.496 e. The number of nitrogens with zero attached hydrogens (tertiary/aromatic N) is 2. The fraction of sp³-hybridized carbons (Fsp3) is 0.381. The number of hydrogen-bond acceptors (Lipinski definition) is 4. The lowest BCUT2D eigenvalue weighted by Crippen LogP contribution is -2.50. The van der Waals surface area contributed by atoms with E-state index in [0.29, 0.717) is 19.7 Å². The van der Waals surface area contributed by atoms with E-state index in [2.05, 4.69) is 17.0 Å². The molecule has 1 aliphatic heterocycles. The molecule has 1 heterocycles. The maximum Gasteiger partial charge on any atom is 0.241 e. The minimum Gasteiger partial charge on any atom is -0.496 e. The van der Waals surface area contributed by atoms with Crippen molar-refractivity contribution in [2.24, 2.45) is 0 Å². The average molecular weight is 354 g/mol. The highest BCUT2D eigenvalue weighted by atomic mass is 16.5. The first kappa shape index (κ1) is 18.4. The third-order valence-electron chi connectivity index (χ3n) is 4.76. The number of piperazine rings is 1. The smallest absolute Gasteiger partial charge is 0.241 e. The van der Waals surface area contributed by atoms with Crippen molar-refractivity contribution in [2.75, 3.05) is 38.8 Å². The molecule has 0 radical (unpaired) electrons. The summed E-state index contributed by atoms with van der Waals surface area (Å²) >= 11 is 0. The van der Waals surface area contributed by atoms with Crippen LogP contribution in [0.4, 0.5) is 5.69 Å². The van der Waals surface area contributed by atoms with Crippen molar-refractivity contribution < 1.29 is 14.3 Å². The van der Waals surface area contributed by atoms with Crippen molar-refractivity contribution in [3.63, 3.8) is 0 Å². The summed E-state index contributed by atoms with van der Waals surface area (Å²) in [7, 11) is 3.34. The highest BCUT2D eigenvalue weighted by Gasteiger charge is 2.25. The molecule has 0 N–H and O–H groups in total. The monoisotopic (exact) mass is 354 g/mol. The van der Waals surface area contributed by atoms with Crippen molar-refractivity contribution in [1.29, 1.82) is 0 Å².